The van der Waals surface area contributed by atoms with Gasteiger partial charge in [0.05, 0.1) is 0 Å². The van der Waals surface area contributed by atoms with Gasteiger partial charge in [0.15, 0.2) is 23.3 Å². The van der Waals surface area contributed by atoms with Crippen LogP contribution in [0.3, 0.4) is 0 Å². The number of rotatable bonds is 3. The predicted octanol–water partition coefficient (Wildman–Crippen LogP) is 3.69. The number of aromatic nitrogens is 2. The Morgan fingerprint density at radius 3 is 2.67 bits per heavy atom. The second-order valence-electron chi connectivity index (χ2n) is 4.43. The molecule has 6 heteroatoms. The van der Waals surface area contributed by atoms with Crippen LogP contribution in [0.1, 0.15) is 0 Å². The maximum absolute atomic E-state index is 13.8. The van der Waals surface area contributed by atoms with Gasteiger partial charge in [-0.3, -0.25) is 4.98 Å². The van der Waals surface area contributed by atoms with E-state index >= 15 is 0 Å². The molecule has 0 unspecified atom stereocenters. The fourth-order valence-corrected chi connectivity index (χ4v) is 2.08. The van der Waals surface area contributed by atoms with Gasteiger partial charge in [-0.1, -0.05) is 12.1 Å². The Kier molecular flexibility index (Phi) is 3.35. The van der Waals surface area contributed by atoms with Gasteiger partial charge in [-0.2, -0.15) is 0 Å². The summed E-state index contributed by atoms with van der Waals surface area (Å²) in [5.74, 6) is -1.55. The standard InChI is InChI=1S/C15H12F2N4/c1-18-14-11(16)7-12(17)15(21-14)20-13-4-2-3-9-5-6-19-8-10(9)13/h2-8H,1H3,(H2,18,20,21). The Labute approximate surface area is 119 Å². The molecule has 2 heterocycles. The smallest absolute Gasteiger partial charge is 0.169 e. The van der Waals surface area contributed by atoms with Gasteiger partial charge in [-0.25, -0.2) is 13.8 Å². The molecule has 0 aliphatic heterocycles. The van der Waals surface area contributed by atoms with Crippen LogP contribution < -0.4 is 10.6 Å². The van der Waals surface area contributed by atoms with Gasteiger partial charge in [-0.15, -0.1) is 0 Å². The summed E-state index contributed by atoms with van der Waals surface area (Å²) in [4.78, 5) is 7.96. The molecule has 21 heavy (non-hydrogen) atoms. The largest absolute Gasteiger partial charge is 0.371 e. The van der Waals surface area contributed by atoms with Gasteiger partial charge >= 0.3 is 0 Å². The highest BCUT2D eigenvalue weighted by Gasteiger charge is 2.12. The second kappa shape index (κ2) is 5.32. The summed E-state index contributed by atoms with van der Waals surface area (Å²) in [6.45, 7) is 0. The molecule has 0 amide bonds. The van der Waals surface area contributed by atoms with Gasteiger partial charge in [0.2, 0.25) is 0 Å². The van der Waals surface area contributed by atoms with E-state index in [-0.39, 0.29) is 11.6 Å². The summed E-state index contributed by atoms with van der Waals surface area (Å²) < 4.78 is 27.3. The van der Waals surface area contributed by atoms with Crippen molar-refractivity contribution in [3.63, 3.8) is 0 Å². The molecule has 106 valence electrons. The van der Waals surface area contributed by atoms with Crippen molar-refractivity contribution in [2.24, 2.45) is 0 Å². The SMILES string of the molecule is CNc1nc(Nc2cccc3ccncc23)c(F)cc1F. The minimum absolute atomic E-state index is 0.0164. The summed E-state index contributed by atoms with van der Waals surface area (Å²) >= 11 is 0. The number of nitrogens with zero attached hydrogens (tertiary/aromatic N) is 2. The van der Waals surface area contributed by atoms with E-state index in [0.717, 1.165) is 16.8 Å². The minimum atomic E-state index is -0.757. The Bertz CT molecular complexity index is 800. The molecule has 0 radical (unpaired) electrons. The first kappa shape index (κ1) is 13.2. The highest BCUT2D eigenvalue weighted by atomic mass is 19.1. The molecule has 1 aromatic carbocycles. The first-order chi connectivity index (χ1) is 10.2. The van der Waals surface area contributed by atoms with E-state index in [0.29, 0.717) is 5.69 Å². The Balaban J connectivity index is 2.07. The Morgan fingerprint density at radius 1 is 1.05 bits per heavy atom. The Hall–Kier alpha value is -2.76. The topological polar surface area (TPSA) is 49.8 Å². The van der Waals surface area contributed by atoms with Crippen LogP contribution in [-0.2, 0) is 0 Å². The van der Waals surface area contributed by atoms with Crippen LogP contribution in [-0.4, -0.2) is 17.0 Å². The van der Waals surface area contributed by atoms with Crippen molar-refractivity contribution in [3.05, 3.63) is 54.4 Å². The van der Waals surface area contributed by atoms with E-state index in [1.165, 1.54) is 7.05 Å². The molecule has 0 fully saturated rings. The predicted molar refractivity (Wildman–Crippen MR) is 78.7 cm³/mol. The molecule has 0 aliphatic carbocycles. The molecule has 0 saturated heterocycles. The molecular weight excluding hydrogens is 274 g/mol. The number of anilines is 3. The average Bonchev–Trinajstić information content (AvgIpc) is 2.50. The molecule has 0 bridgehead atoms. The van der Waals surface area contributed by atoms with Crippen LogP contribution in [0.2, 0.25) is 0 Å². The maximum atomic E-state index is 13.8. The summed E-state index contributed by atoms with van der Waals surface area (Å²) in [6.07, 6.45) is 3.36. The fourth-order valence-electron chi connectivity index (χ4n) is 2.08. The zero-order valence-corrected chi connectivity index (χ0v) is 11.2. The maximum Gasteiger partial charge on any atom is 0.169 e. The van der Waals surface area contributed by atoms with Crippen LogP contribution in [0.4, 0.5) is 26.1 Å². The quantitative estimate of drug-likeness (QED) is 0.771. The lowest BCUT2D eigenvalue weighted by Crippen LogP contribution is -2.03. The van der Waals surface area contributed by atoms with Crippen molar-refractivity contribution in [1.29, 1.82) is 0 Å². The zero-order chi connectivity index (χ0) is 14.8. The summed E-state index contributed by atoms with van der Waals surface area (Å²) in [7, 11) is 1.52. The molecule has 0 saturated carbocycles. The second-order valence-corrected chi connectivity index (χ2v) is 4.43. The van der Waals surface area contributed by atoms with Crippen molar-refractivity contribution in [1.82, 2.24) is 9.97 Å². The van der Waals surface area contributed by atoms with E-state index in [4.69, 9.17) is 0 Å². The molecule has 0 aliphatic rings. The number of fused-ring (bicyclic) bond motifs is 1. The molecular formula is C15H12F2N4. The van der Waals surface area contributed by atoms with Crippen molar-refractivity contribution in [3.8, 4) is 0 Å². The lowest BCUT2D eigenvalue weighted by atomic mass is 10.1. The summed E-state index contributed by atoms with van der Waals surface area (Å²) in [6, 6.07) is 8.20. The third-order valence-electron chi connectivity index (χ3n) is 3.10. The molecule has 0 atom stereocenters. The van der Waals surface area contributed by atoms with Gasteiger partial charge in [0, 0.05) is 36.6 Å². The van der Waals surface area contributed by atoms with Crippen LogP contribution >= 0.6 is 0 Å². The fraction of sp³-hybridized carbons (Fsp3) is 0.0667. The number of pyridine rings is 2. The van der Waals surface area contributed by atoms with Gasteiger partial charge < -0.3 is 10.6 Å². The average molecular weight is 286 g/mol. The highest BCUT2D eigenvalue weighted by molar-refractivity contribution is 5.94. The van der Waals surface area contributed by atoms with Crippen LogP contribution in [0.15, 0.2) is 42.7 Å². The summed E-state index contributed by atoms with van der Waals surface area (Å²) in [5.41, 5.74) is 0.653. The minimum Gasteiger partial charge on any atom is -0.371 e. The molecule has 2 aromatic heterocycles. The Morgan fingerprint density at radius 2 is 1.86 bits per heavy atom. The molecule has 3 aromatic rings. The van der Waals surface area contributed by atoms with Crippen LogP contribution in [0.5, 0.6) is 0 Å². The first-order valence-corrected chi connectivity index (χ1v) is 6.32. The van der Waals surface area contributed by atoms with Crippen molar-refractivity contribution >= 4 is 28.1 Å². The number of hydrogen-bond donors (Lipinski definition) is 2. The van der Waals surface area contributed by atoms with Gasteiger partial charge in [0.25, 0.3) is 0 Å². The molecule has 0 spiro atoms. The van der Waals surface area contributed by atoms with Gasteiger partial charge in [-0.05, 0) is 17.5 Å². The molecule has 3 rings (SSSR count). The normalized spacial score (nSPS) is 10.6. The zero-order valence-electron chi connectivity index (χ0n) is 11.2. The third kappa shape index (κ3) is 2.47. The summed E-state index contributed by atoms with van der Waals surface area (Å²) in [5, 5.41) is 7.26. The van der Waals surface area contributed by atoms with E-state index in [2.05, 4.69) is 20.6 Å². The molecule has 4 nitrogen and oxygen atoms in total. The van der Waals surface area contributed by atoms with E-state index in [9.17, 15) is 8.78 Å². The lowest BCUT2D eigenvalue weighted by Gasteiger charge is -2.11. The number of hydrogen-bond acceptors (Lipinski definition) is 4. The first-order valence-electron chi connectivity index (χ1n) is 6.32. The third-order valence-corrected chi connectivity index (χ3v) is 3.10. The van der Waals surface area contributed by atoms with E-state index < -0.39 is 11.6 Å². The van der Waals surface area contributed by atoms with Crippen LogP contribution in [0, 0.1) is 11.6 Å². The van der Waals surface area contributed by atoms with Gasteiger partial charge in [0.1, 0.15) is 0 Å². The molecule has 2 N–H and O–H groups in total. The van der Waals surface area contributed by atoms with Crippen molar-refractivity contribution < 1.29 is 8.78 Å². The number of benzene rings is 1. The number of halogens is 2. The highest BCUT2D eigenvalue weighted by Crippen LogP contribution is 2.27. The van der Waals surface area contributed by atoms with Crippen molar-refractivity contribution in [2.45, 2.75) is 0 Å². The van der Waals surface area contributed by atoms with Crippen LogP contribution in [0.25, 0.3) is 10.8 Å². The van der Waals surface area contributed by atoms with E-state index in [1.807, 2.05) is 18.2 Å². The lowest BCUT2D eigenvalue weighted by molar-refractivity contribution is 0.580. The monoisotopic (exact) mass is 286 g/mol. The van der Waals surface area contributed by atoms with E-state index in [1.54, 1.807) is 18.5 Å². The van der Waals surface area contributed by atoms with Crippen molar-refractivity contribution in [2.75, 3.05) is 17.7 Å². The number of nitrogens with one attached hydrogen (secondary N) is 2.